The van der Waals surface area contributed by atoms with Gasteiger partial charge in [0.2, 0.25) is 0 Å². The fourth-order valence-electron chi connectivity index (χ4n) is 1.88. The van der Waals surface area contributed by atoms with E-state index in [9.17, 15) is 0 Å². The predicted octanol–water partition coefficient (Wildman–Crippen LogP) is 0.744. The molecule has 1 heteroatoms. The van der Waals surface area contributed by atoms with E-state index in [4.69, 9.17) is 5.73 Å². The highest BCUT2D eigenvalue weighted by molar-refractivity contribution is 5.04. The van der Waals surface area contributed by atoms with Crippen LogP contribution in [0.5, 0.6) is 0 Å². The standard InChI is InChI=1S/C6H11N/c7-6-4-2-1-3-5(4)6/h4-6H,1-3,7H2/t4-,5-/m1/s1. The zero-order valence-electron chi connectivity index (χ0n) is 4.43. The second kappa shape index (κ2) is 1.03. The van der Waals surface area contributed by atoms with E-state index in [1.165, 1.54) is 19.3 Å². The Hall–Kier alpha value is -0.0400. The van der Waals surface area contributed by atoms with Crippen molar-refractivity contribution in [2.24, 2.45) is 17.6 Å². The van der Waals surface area contributed by atoms with Crippen molar-refractivity contribution in [2.45, 2.75) is 25.3 Å². The van der Waals surface area contributed by atoms with Crippen LogP contribution in [-0.4, -0.2) is 6.04 Å². The molecule has 2 fully saturated rings. The molecule has 0 spiro atoms. The number of rotatable bonds is 0. The maximum Gasteiger partial charge on any atom is 0.0102 e. The van der Waals surface area contributed by atoms with Crippen molar-refractivity contribution in [1.29, 1.82) is 0 Å². The van der Waals surface area contributed by atoms with Crippen LogP contribution in [0.3, 0.4) is 0 Å². The molecule has 2 aliphatic rings. The molecule has 2 saturated carbocycles. The Kier molecular flexibility index (Phi) is 0.571. The van der Waals surface area contributed by atoms with Gasteiger partial charge >= 0.3 is 0 Å². The van der Waals surface area contributed by atoms with E-state index < -0.39 is 0 Å². The first kappa shape index (κ1) is 3.90. The second-order valence-corrected chi connectivity index (χ2v) is 2.84. The van der Waals surface area contributed by atoms with Crippen molar-refractivity contribution in [3.8, 4) is 0 Å². The number of nitrogens with two attached hydrogens (primary N) is 1. The molecular weight excluding hydrogens is 86.1 g/mol. The molecule has 0 bridgehead atoms. The fraction of sp³-hybridized carbons (Fsp3) is 1.00. The molecule has 0 unspecified atom stereocenters. The van der Waals surface area contributed by atoms with Gasteiger partial charge in [0.1, 0.15) is 0 Å². The van der Waals surface area contributed by atoms with Gasteiger partial charge in [0.25, 0.3) is 0 Å². The van der Waals surface area contributed by atoms with Gasteiger partial charge in [0.15, 0.2) is 0 Å². The van der Waals surface area contributed by atoms with Crippen LogP contribution in [0.15, 0.2) is 0 Å². The average molecular weight is 97.2 g/mol. The molecule has 0 heterocycles. The van der Waals surface area contributed by atoms with Gasteiger partial charge in [-0.1, -0.05) is 6.42 Å². The van der Waals surface area contributed by atoms with E-state index in [0.29, 0.717) is 6.04 Å². The van der Waals surface area contributed by atoms with Gasteiger partial charge in [-0.05, 0) is 24.7 Å². The maximum absolute atomic E-state index is 5.67. The summed E-state index contributed by atoms with van der Waals surface area (Å²) < 4.78 is 0. The molecule has 2 N–H and O–H groups in total. The van der Waals surface area contributed by atoms with Crippen molar-refractivity contribution >= 4 is 0 Å². The third-order valence-corrected chi connectivity index (χ3v) is 2.47. The van der Waals surface area contributed by atoms with Crippen LogP contribution in [0.2, 0.25) is 0 Å². The summed E-state index contributed by atoms with van der Waals surface area (Å²) in [5.74, 6) is 1.92. The average Bonchev–Trinajstić information content (AvgIpc) is 2.26. The fourth-order valence-corrected chi connectivity index (χ4v) is 1.88. The molecule has 0 aromatic heterocycles. The monoisotopic (exact) mass is 97.1 g/mol. The van der Waals surface area contributed by atoms with Gasteiger partial charge in [-0.15, -0.1) is 0 Å². The van der Waals surface area contributed by atoms with Crippen molar-refractivity contribution < 1.29 is 0 Å². The Morgan fingerprint density at radius 3 is 2.00 bits per heavy atom. The third kappa shape index (κ3) is 0.367. The summed E-state index contributed by atoms with van der Waals surface area (Å²) in [7, 11) is 0. The molecule has 2 rings (SSSR count). The molecular formula is C6H11N. The first-order chi connectivity index (χ1) is 3.39. The highest BCUT2D eigenvalue weighted by Gasteiger charge is 2.49. The predicted molar refractivity (Wildman–Crippen MR) is 28.8 cm³/mol. The van der Waals surface area contributed by atoms with Gasteiger partial charge in [-0.25, -0.2) is 0 Å². The summed E-state index contributed by atoms with van der Waals surface area (Å²) in [5.41, 5.74) is 5.67. The van der Waals surface area contributed by atoms with Crippen molar-refractivity contribution in [1.82, 2.24) is 0 Å². The molecule has 0 saturated heterocycles. The van der Waals surface area contributed by atoms with Crippen molar-refractivity contribution in [3.63, 3.8) is 0 Å². The minimum absolute atomic E-state index is 0.619. The lowest BCUT2D eigenvalue weighted by molar-refractivity contribution is 0.674. The van der Waals surface area contributed by atoms with Gasteiger partial charge in [-0.3, -0.25) is 0 Å². The molecule has 1 nitrogen and oxygen atoms in total. The molecule has 7 heavy (non-hydrogen) atoms. The van der Waals surface area contributed by atoms with E-state index in [1.807, 2.05) is 0 Å². The van der Waals surface area contributed by atoms with E-state index >= 15 is 0 Å². The van der Waals surface area contributed by atoms with E-state index in [1.54, 1.807) is 0 Å². The Morgan fingerprint density at radius 2 is 1.71 bits per heavy atom. The van der Waals surface area contributed by atoms with Gasteiger partial charge in [0.05, 0.1) is 0 Å². The molecule has 0 radical (unpaired) electrons. The second-order valence-electron chi connectivity index (χ2n) is 2.84. The lowest BCUT2D eigenvalue weighted by Gasteiger charge is -1.90. The lowest BCUT2D eigenvalue weighted by atomic mass is 10.2. The van der Waals surface area contributed by atoms with Crippen LogP contribution in [-0.2, 0) is 0 Å². The number of fused-ring (bicyclic) bond motifs is 1. The Morgan fingerprint density at radius 1 is 1.14 bits per heavy atom. The summed E-state index contributed by atoms with van der Waals surface area (Å²) in [6, 6.07) is 0.619. The largest absolute Gasteiger partial charge is 0.327 e. The molecule has 2 atom stereocenters. The first-order valence-corrected chi connectivity index (χ1v) is 3.15. The van der Waals surface area contributed by atoms with Gasteiger partial charge < -0.3 is 5.73 Å². The third-order valence-electron chi connectivity index (χ3n) is 2.47. The molecule has 2 aliphatic carbocycles. The Labute approximate surface area is 43.9 Å². The SMILES string of the molecule is NC1[C@@H]2CCC[C@@H]12. The summed E-state index contributed by atoms with van der Waals surface area (Å²) in [4.78, 5) is 0. The number of hydrogen-bond acceptors (Lipinski definition) is 1. The molecule has 0 aliphatic heterocycles. The Balaban J connectivity index is 2.06. The van der Waals surface area contributed by atoms with Crippen LogP contribution >= 0.6 is 0 Å². The van der Waals surface area contributed by atoms with Crippen molar-refractivity contribution in [2.75, 3.05) is 0 Å². The van der Waals surface area contributed by atoms with Gasteiger partial charge in [0, 0.05) is 6.04 Å². The van der Waals surface area contributed by atoms with Crippen molar-refractivity contribution in [3.05, 3.63) is 0 Å². The number of hydrogen-bond donors (Lipinski definition) is 1. The minimum Gasteiger partial charge on any atom is -0.327 e. The summed E-state index contributed by atoms with van der Waals surface area (Å²) in [5, 5.41) is 0. The van der Waals surface area contributed by atoms with Gasteiger partial charge in [-0.2, -0.15) is 0 Å². The normalized spacial score (nSPS) is 57.0. The maximum atomic E-state index is 5.67. The van der Waals surface area contributed by atoms with Crippen LogP contribution < -0.4 is 5.73 Å². The summed E-state index contributed by atoms with van der Waals surface area (Å²) in [6.07, 6.45) is 4.29. The van der Waals surface area contributed by atoms with Crippen LogP contribution in [0, 0.1) is 11.8 Å². The quantitative estimate of drug-likeness (QED) is 0.474. The highest BCUT2D eigenvalue weighted by Crippen LogP contribution is 2.50. The zero-order valence-corrected chi connectivity index (χ0v) is 4.43. The first-order valence-electron chi connectivity index (χ1n) is 3.15. The highest BCUT2D eigenvalue weighted by atomic mass is 14.8. The molecule has 0 amide bonds. The molecule has 0 aromatic carbocycles. The summed E-state index contributed by atoms with van der Waals surface area (Å²) >= 11 is 0. The lowest BCUT2D eigenvalue weighted by Crippen LogP contribution is -2.05. The van der Waals surface area contributed by atoms with E-state index in [-0.39, 0.29) is 0 Å². The summed E-state index contributed by atoms with van der Waals surface area (Å²) in [6.45, 7) is 0. The van der Waals surface area contributed by atoms with Crippen LogP contribution in [0.4, 0.5) is 0 Å². The van der Waals surface area contributed by atoms with E-state index in [0.717, 1.165) is 11.8 Å². The Bertz CT molecular complexity index is 80.2. The molecule has 0 aromatic rings. The smallest absolute Gasteiger partial charge is 0.0102 e. The topological polar surface area (TPSA) is 26.0 Å². The van der Waals surface area contributed by atoms with Crippen LogP contribution in [0.1, 0.15) is 19.3 Å². The van der Waals surface area contributed by atoms with E-state index in [2.05, 4.69) is 0 Å². The molecule has 40 valence electrons. The van der Waals surface area contributed by atoms with Crippen LogP contribution in [0.25, 0.3) is 0 Å². The zero-order chi connectivity index (χ0) is 4.85. The minimum atomic E-state index is 0.619.